The van der Waals surface area contributed by atoms with Gasteiger partial charge in [-0.1, -0.05) is 18.2 Å². The third-order valence-electron chi connectivity index (χ3n) is 4.18. The number of nitrogens with zero attached hydrogens (tertiary/aromatic N) is 5. The van der Waals surface area contributed by atoms with E-state index in [1.807, 2.05) is 0 Å². The third-order valence-corrected chi connectivity index (χ3v) is 5.58. The minimum atomic E-state index is -3.61. The van der Waals surface area contributed by atoms with Gasteiger partial charge in [0.15, 0.2) is 5.82 Å². The summed E-state index contributed by atoms with van der Waals surface area (Å²) in [5, 5.41) is 12.7. The van der Waals surface area contributed by atoms with Crippen LogP contribution in [0.4, 0.5) is 5.69 Å². The Morgan fingerprint density at radius 3 is 2.80 bits per heavy atom. The van der Waals surface area contributed by atoms with Crippen molar-refractivity contribution in [3.63, 3.8) is 0 Å². The summed E-state index contributed by atoms with van der Waals surface area (Å²) in [5.41, 5.74) is 0.419. The lowest BCUT2D eigenvalue weighted by molar-refractivity contribution is 0.496. The number of aryl methyl sites for hydroxylation is 1. The summed E-state index contributed by atoms with van der Waals surface area (Å²) in [6.45, 7) is 1.38. The van der Waals surface area contributed by atoms with E-state index in [-0.39, 0.29) is 4.90 Å². The number of nitrogens with one attached hydrogen (secondary N) is 1. The molecule has 0 unspecified atom stereocenters. The molecule has 3 heterocycles. The Hall–Kier alpha value is -2.68. The highest BCUT2D eigenvalue weighted by Gasteiger charge is 2.17. The van der Waals surface area contributed by atoms with Crippen molar-refractivity contribution in [2.24, 2.45) is 0 Å². The smallest absolute Gasteiger partial charge is 0.261 e. The van der Waals surface area contributed by atoms with Gasteiger partial charge >= 0.3 is 0 Å². The Kier molecular flexibility index (Phi) is 4.00. The number of aromatic nitrogens is 5. The largest absolute Gasteiger partial charge is 0.313 e. The van der Waals surface area contributed by atoms with E-state index >= 15 is 0 Å². The molecule has 3 aromatic rings. The maximum absolute atomic E-state index is 12.3. The van der Waals surface area contributed by atoms with Crippen molar-refractivity contribution in [3.05, 3.63) is 54.4 Å². The molecule has 1 aliphatic rings. The lowest BCUT2D eigenvalue weighted by atomic mass is 10.2. The Morgan fingerprint density at radius 1 is 1.12 bits per heavy atom. The van der Waals surface area contributed by atoms with Crippen LogP contribution in [0.3, 0.4) is 0 Å². The summed E-state index contributed by atoms with van der Waals surface area (Å²) in [7, 11) is -3.61. The molecular formula is C16H18N6O2S. The van der Waals surface area contributed by atoms with E-state index in [9.17, 15) is 8.42 Å². The van der Waals surface area contributed by atoms with Gasteiger partial charge in [0.25, 0.3) is 10.0 Å². The standard InChI is InChI=1S/C16H18N6O2S/c23-25(24,14-6-2-1-3-7-14)20-13-10-17-21(11-13)12-16-19-18-15-8-4-5-9-22(15)16/h1-3,6-7,10-11,20H,4-5,8-9,12H2. The lowest BCUT2D eigenvalue weighted by Gasteiger charge is -2.14. The lowest BCUT2D eigenvalue weighted by Crippen LogP contribution is -2.15. The van der Waals surface area contributed by atoms with E-state index in [1.165, 1.54) is 6.20 Å². The molecule has 0 amide bonds. The highest BCUT2D eigenvalue weighted by atomic mass is 32.2. The van der Waals surface area contributed by atoms with Crippen LogP contribution < -0.4 is 4.72 Å². The highest BCUT2D eigenvalue weighted by Crippen LogP contribution is 2.17. The van der Waals surface area contributed by atoms with Gasteiger partial charge in [-0.15, -0.1) is 10.2 Å². The second kappa shape index (κ2) is 6.32. The highest BCUT2D eigenvalue weighted by molar-refractivity contribution is 7.92. The first-order chi connectivity index (χ1) is 12.1. The third kappa shape index (κ3) is 3.27. The van der Waals surface area contributed by atoms with Gasteiger partial charge in [-0.25, -0.2) is 8.42 Å². The zero-order chi connectivity index (χ0) is 17.3. The van der Waals surface area contributed by atoms with E-state index in [2.05, 4.69) is 24.6 Å². The molecule has 0 spiro atoms. The van der Waals surface area contributed by atoms with Crippen molar-refractivity contribution in [3.8, 4) is 0 Å². The van der Waals surface area contributed by atoms with Crippen molar-refractivity contribution in [2.75, 3.05) is 4.72 Å². The summed E-state index contributed by atoms with van der Waals surface area (Å²) < 4.78 is 31.0. The monoisotopic (exact) mass is 358 g/mol. The number of fused-ring (bicyclic) bond motifs is 1. The van der Waals surface area contributed by atoms with Crippen LogP contribution in [0.25, 0.3) is 0 Å². The minimum Gasteiger partial charge on any atom is -0.313 e. The van der Waals surface area contributed by atoms with Gasteiger partial charge in [-0.2, -0.15) is 5.10 Å². The molecule has 1 aromatic carbocycles. The molecule has 0 fully saturated rings. The van der Waals surface area contributed by atoms with Crippen LogP contribution in [-0.4, -0.2) is 33.0 Å². The summed E-state index contributed by atoms with van der Waals surface area (Å²) in [4.78, 5) is 0.217. The van der Waals surface area contributed by atoms with Crippen molar-refractivity contribution in [1.82, 2.24) is 24.5 Å². The molecule has 8 nitrogen and oxygen atoms in total. The van der Waals surface area contributed by atoms with Gasteiger partial charge in [0, 0.05) is 19.2 Å². The molecule has 0 saturated carbocycles. The van der Waals surface area contributed by atoms with E-state index < -0.39 is 10.0 Å². The van der Waals surface area contributed by atoms with Gasteiger partial charge in [-0.3, -0.25) is 9.40 Å². The van der Waals surface area contributed by atoms with E-state index in [0.29, 0.717) is 12.2 Å². The summed E-state index contributed by atoms with van der Waals surface area (Å²) in [5.74, 6) is 1.86. The maximum Gasteiger partial charge on any atom is 0.261 e. The molecule has 1 aliphatic heterocycles. The Bertz CT molecular complexity index is 977. The first-order valence-corrected chi connectivity index (χ1v) is 9.61. The van der Waals surface area contributed by atoms with Crippen molar-refractivity contribution in [2.45, 2.75) is 37.2 Å². The molecule has 0 atom stereocenters. The minimum absolute atomic E-state index is 0.217. The Morgan fingerprint density at radius 2 is 1.96 bits per heavy atom. The second-order valence-corrected chi connectivity index (χ2v) is 7.67. The fraction of sp³-hybridized carbons (Fsp3) is 0.312. The molecule has 2 aromatic heterocycles. The Labute approximate surface area is 145 Å². The average Bonchev–Trinajstić information content (AvgIpc) is 3.23. The van der Waals surface area contributed by atoms with Gasteiger partial charge in [0.1, 0.15) is 12.4 Å². The zero-order valence-electron chi connectivity index (χ0n) is 13.5. The van der Waals surface area contributed by atoms with Gasteiger partial charge in [0.05, 0.1) is 16.8 Å². The number of anilines is 1. The fourth-order valence-corrected chi connectivity index (χ4v) is 4.00. The van der Waals surface area contributed by atoms with Crippen LogP contribution >= 0.6 is 0 Å². The summed E-state index contributed by atoms with van der Waals surface area (Å²) in [6, 6.07) is 8.25. The quantitative estimate of drug-likeness (QED) is 0.748. The van der Waals surface area contributed by atoms with E-state index in [4.69, 9.17) is 0 Å². The molecule has 4 rings (SSSR count). The average molecular weight is 358 g/mol. The van der Waals surface area contributed by atoms with Gasteiger partial charge in [-0.05, 0) is 25.0 Å². The fourth-order valence-electron chi connectivity index (χ4n) is 2.95. The number of sulfonamides is 1. The Balaban J connectivity index is 1.50. The number of rotatable bonds is 5. The van der Waals surface area contributed by atoms with Crippen molar-refractivity contribution in [1.29, 1.82) is 0 Å². The first-order valence-electron chi connectivity index (χ1n) is 8.13. The van der Waals surface area contributed by atoms with Crippen LogP contribution in [-0.2, 0) is 29.5 Å². The molecule has 1 N–H and O–H groups in total. The first kappa shape index (κ1) is 15.8. The van der Waals surface area contributed by atoms with E-state index in [0.717, 1.165) is 37.5 Å². The van der Waals surface area contributed by atoms with Crippen LogP contribution in [0.2, 0.25) is 0 Å². The molecule has 130 valence electrons. The molecule has 9 heteroatoms. The molecular weight excluding hydrogens is 340 g/mol. The molecule has 0 radical (unpaired) electrons. The SMILES string of the molecule is O=S(=O)(Nc1cnn(Cc2nnc3n2CCCC3)c1)c1ccccc1. The van der Waals surface area contributed by atoms with Crippen LogP contribution in [0.15, 0.2) is 47.6 Å². The van der Waals surface area contributed by atoms with Crippen molar-refractivity contribution >= 4 is 15.7 Å². The van der Waals surface area contributed by atoms with Crippen LogP contribution in [0, 0.1) is 0 Å². The van der Waals surface area contributed by atoms with Gasteiger partial charge < -0.3 is 4.57 Å². The molecule has 0 bridgehead atoms. The van der Waals surface area contributed by atoms with Gasteiger partial charge in [0.2, 0.25) is 0 Å². The summed E-state index contributed by atoms with van der Waals surface area (Å²) >= 11 is 0. The molecule has 0 saturated heterocycles. The second-order valence-electron chi connectivity index (χ2n) is 5.99. The van der Waals surface area contributed by atoms with Crippen LogP contribution in [0.5, 0.6) is 0 Å². The number of hydrogen-bond acceptors (Lipinski definition) is 5. The zero-order valence-corrected chi connectivity index (χ0v) is 14.4. The maximum atomic E-state index is 12.3. The van der Waals surface area contributed by atoms with Crippen LogP contribution in [0.1, 0.15) is 24.5 Å². The molecule has 25 heavy (non-hydrogen) atoms. The summed E-state index contributed by atoms with van der Waals surface area (Å²) in [6.07, 6.45) is 6.37. The predicted molar refractivity (Wildman–Crippen MR) is 91.5 cm³/mol. The van der Waals surface area contributed by atoms with Crippen molar-refractivity contribution < 1.29 is 8.42 Å². The topological polar surface area (TPSA) is 94.7 Å². The normalized spacial score (nSPS) is 14.2. The predicted octanol–water partition coefficient (Wildman–Crippen LogP) is 1.66. The number of hydrogen-bond donors (Lipinski definition) is 1. The van der Waals surface area contributed by atoms with E-state index in [1.54, 1.807) is 41.2 Å². The molecule has 0 aliphatic carbocycles. The number of benzene rings is 1.